The van der Waals surface area contributed by atoms with Crippen LogP contribution >= 0.6 is 0 Å². The fourth-order valence-electron chi connectivity index (χ4n) is 1.71. The maximum Gasteiger partial charge on any atom is 0.216 e. The molecule has 1 aliphatic heterocycles. The lowest BCUT2D eigenvalue weighted by molar-refractivity contribution is -0.120. The van der Waals surface area contributed by atoms with E-state index in [2.05, 4.69) is 24.2 Å². The van der Waals surface area contributed by atoms with Gasteiger partial charge in [0.15, 0.2) is 0 Å². The summed E-state index contributed by atoms with van der Waals surface area (Å²) >= 11 is 0. The molecule has 0 aliphatic carbocycles. The van der Waals surface area contributed by atoms with Crippen LogP contribution in [0.25, 0.3) is 0 Å². The fraction of sp³-hybridized carbons (Fsp3) is 0.875. The molecule has 0 spiro atoms. The van der Waals surface area contributed by atoms with Gasteiger partial charge in [-0.25, -0.2) is 0 Å². The van der Waals surface area contributed by atoms with E-state index in [-0.39, 0.29) is 5.91 Å². The van der Waals surface area contributed by atoms with Crippen LogP contribution in [0.5, 0.6) is 0 Å². The van der Waals surface area contributed by atoms with E-state index in [4.69, 9.17) is 0 Å². The highest BCUT2D eigenvalue weighted by molar-refractivity contribution is 5.72. The standard InChI is InChI=1S/C8H16N2O/c1-7(11)9-4-8(2)5-10(3)6-8/h4-6H2,1-3H3,(H,9,11). The van der Waals surface area contributed by atoms with Gasteiger partial charge in [-0.15, -0.1) is 0 Å². The molecule has 11 heavy (non-hydrogen) atoms. The summed E-state index contributed by atoms with van der Waals surface area (Å²) in [5.41, 5.74) is 0.320. The van der Waals surface area contributed by atoms with Gasteiger partial charge in [0.05, 0.1) is 0 Å². The summed E-state index contributed by atoms with van der Waals surface area (Å²) < 4.78 is 0. The highest BCUT2D eigenvalue weighted by Crippen LogP contribution is 2.26. The molecule has 0 atom stereocenters. The second-order valence-corrected chi connectivity index (χ2v) is 3.89. The Hall–Kier alpha value is -0.570. The van der Waals surface area contributed by atoms with Gasteiger partial charge in [0.1, 0.15) is 0 Å². The van der Waals surface area contributed by atoms with E-state index in [1.165, 1.54) is 0 Å². The molecule has 0 radical (unpaired) electrons. The molecule has 0 bridgehead atoms. The average Bonchev–Trinajstić information content (AvgIpc) is 1.81. The molecule has 3 heteroatoms. The van der Waals surface area contributed by atoms with Crippen LogP contribution in [0, 0.1) is 5.41 Å². The number of hydrogen-bond acceptors (Lipinski definition) is 2. The number of carbonyl (C=O) groups excluding carboxylic acids is 1. The molecule has 64 valence electrons. The normalized spacial score (nSPS) is 22.5. The Kier molecular flexibility index (Phi) is 2.18. The fourth-order valence-corrected chi connectivity index (χ4v) is 1.71. The van der Waals surface area contributed by atoms with Crippen molar-refractivity contribution in [1.82, 2.24) is 10.2 Å². The second kappa shape index (κ2) is 2.81. The number of amides is 1. The first kappa shape index (κ1) is 8.53. The van der Waals surface area contributed by atoms with Crippen molar-refractivity contribution in [2.45, 2.75) is 13.8 Å². The lowest BCUT2D eigenvalue weighted by atomic mass is 9.82. The summed E-state index contributed by atoms with van der Waals surface area (Å²) in [4.78, 5) is 12.8. The Bertz CT molecular complexity index is 161. The molecule has 0 aromatic rings. The van der Waals surface area contributed by atoms with Gasteiger partial charge in [0, 0.05) is 32.0 Å². The predicted octanol–water partition coefficient (Wildman–Crippen LogP) is 0.0742. The van der Waals surface area contributed by atoms with E-state index in [1.54, 1.807) is 6.92 Å². The van der Waals surface area contributed by atoms with Crippen LogP contribution in [-0.4, -0.2) is 37.5 Å². The molecule has 0 aromatic heterocycles. The Labute approximate surface area is 67.8 Å². The van der Waals surface area contributed by atoms with Crippen molar-refractivity contribution in [3.8, 4) is 0 Å². The van der Waals surface area contributed by atoms with Crippen LogP contribution in [0.1, 0.15) is 13.8 Å². The molecule has 0 unspecified atom stereocenters. The van der Waals surface area contributed by atoms with Crippen molar-refractivity contribution in [2.24, 2.45) is 5.41 Å². The molecule has 1 rings (SSSR count). The first-order valence-corrected chi connectivity index (χ1v) is 3.95. The lowest BCUT2D eigenvalue weighted by Crippen LogP contribution is -2.57. The quantitative estimate of drug-likeness (QED) is 0.614. The molecule has 3 nitrogen and oxygen atoms in total. The molecule has 1 fully saturated rings. The summed E-state index contributed by atoms with van der Waals surface area (Å²) in [7, 11) is 2.09. The first-order chi connectivity index (χ1) is 5.02. The van der Waals surface area contributed by atoms with E-state index in [0.29, 0.717) is 5.41 Å². The van der Waals surface area contributed by atoms with E-state index in [9.17, 15) is 4.79 Å². The summed E-state index contributed by atoms with van der Waals surface area (Å²) in [6.45, 7) is 6.75. The zero-order valence-corrected chi connectivity index (χ0v) is 7.48. The van der Waals surface area contributed by atoms with Gasteiger partial charge >= 0.3 is 0 Å². The topological polar surface area (TPSA) is 32.3 Å². The third-order valence-electron chi connectivity index (χ3n) is 2.07. The largest absolute Gasteiger partial charge is 0.356 e. The van der Waals surface area contributed by atoms with E-state index < -0.39 is 0 Å². The van der Waals surface area contributed by atoms with Crippen molar-refractivity contribution in [1.29, 1.82) is 0 Å². The number of rotatable bonds is 2. The summed E-state index contributed by atoms with van der Waals surface area (Å²) in [6, 6.07) is 0. The van der Waals surface area contributed by atoms with Crippen molar-refractivity contribution in [3.05, 3.63) is 0 Å². The maximum atomic E-state index is 10.6. The third-order valence-corrected chi connectivity index (χ3v) is 2.07. The molecule has 1 N–H and O–H groups in total. The maximum absolute atomic E-state index is 10.6. The summed E-state index contributed by atoms with van der Waals surface area (Å²) in [5, 5.41) is 2.84. The van der Waals surface area contributed by atoms with Crippen LogP contribution < -0.4 is 5.32 Å². The van der Waals surface area contributed by atoms with Gasteiger partial charge in [-0.05, 0) is 7.05 Å². The lowest BCUT2D eigenvalue weighted by Gasteiger charge is -2.46. The summed E-state index contributed by atoms with van der Waals surface area (Å²) in [5.74, 6) is 0.0702. The van der Waals surface area contributed by atoms with Gasteiger partial charge < -0.3 is 10.2 Å². The number of carbonyl (C=O) groups is 1. The highest BCUT2D eigenvalue weighted by atomic mass is 16.1. The predicted molar refractivity (Wildman–Crippen MR) is 44.3 cm³/mol. The SMILES string of the molecule is CC(=O)NCC1(C)CN(C)C1. The molecule has 1 aliphatic rings. The van der Waals surface area contributed by atoms with Crippen LogP contribution in [0.2, 0.25) is 0 Å². The Morgan fingerprint density at radius 2 is 2.18 bits per heavy atom. The van der Waals surface area contributed by atoms with Gasteiger partial charge in [-0.3, -0.25) is 4.79 Å². The van der Waals surface area contributed by atoms with E-state index in [1.807, 2.05) is 0 Å². The first-order valence-electron chi connectivity index (χ1n) is 3.95. The van der Waals surface area contributed by atoms with Crippen molar-refractivity contribution in [3.63, 3.8) is 0 Å². The molecule has 0 saturated carbocycles. The monoisotopic (exact) mass is 156 g/mol. The summed E-state index contributed by atoms with van der Waals surface area (Å²) in [6.07, 6.45) is 0. The Morgan fingerprint density at radius 1 is 1.64 bits per heavy atom. The van der Waals surface area contributed by atoms with E-state index in [0.717, 1.165) is 19.6 Å². The van der Waals surface area contributed by atoms with Crippen LogP contribution in [0.3, 0.4) is 0 Å². The van der Waals surface area contributed by atoms with Gasteiger partial charge in [-0.1, -0.05) is 6.92 Å². The van der Waals surface area contributed by atoms with Gasteiger partial charge in [0.2, 0.25) is 5.91 Å². The van der Waals surface area contributed by atoms with Gasteiger partial charge in [-0.2, -0.15) is 0 Å². The number of likely N-dealkylation sites (tertiary alicyclic amines) is 1. The van der Waals surface area contributed by atoms with Gasteiger partial charge in [0.25, 0.3) is 0 Å². The molecule has 1 saturated heterocycles. The zero-order chi connectivity index (χ0) is 8.48. The number of hydrogen-bond donors (Lipinski definition) is 1. The second-order valence-electron chi connectivity index (χ2n) is 3.89. The van der Waals surface area contributed by atoms with Crippen LogP contribution in [0.4, 0.5) is 0 Å². The molecule has 1 amide bonds. The minimum Gasteiger partial charge on any atom is -0.356 e. The van der Waals surface area contributed by atoms with E-state index >= 15 is 0 Å². The van der Waals surface area contributed by atoms with Crippen molar-refractivity contribution < 1.29 is 4.79 Å². The number of nitrogens with one attached hydrogen (secondary N) is 1. The van der Waals surface area contributed by atoms with Crippen molar-refractivity contribution >= 4 is 5.91 Å². The Balaban J connectivity index is 2.21. The van der Waals surface area contributed by atoms with Crippen LogP contribution in [-0.2, 0) is 4.79 Å². The number of nitrogens with zero attached hydrogens (tertiary/aromatic N) is 1. The smallest absolute Gasteiger partial charge is 0.216 e. The highest BCUT2D eigenvalue weighted by Gasteiger charge is 2.36. The Morgan fingerprint density at radius 3 is 2.55 bits per heavy atom. The molecular weight excluding hydrogens is 140 g/mol. The third kappa shape index (κ3) is 2.19. The average molecular weight is 156 g/mol. The molecule has 1 heterocycles. The van der Waals surface area contributed by atoms with Crippen molar-refractivity contribution in [2.75, 3.05) is 26.7 Å². The zero-order valence-electron chi connectivity index (χ0n) is 7.48. The van der Waals surface area contributed by atoms with Crippen LogP contribution in [0.15, 0.2) is 0 Å². The minimum atomic E-state index is 0.0702. The molecule has 0 aromatic carbocycles. The minimum absolute atomic E-state index is 0.0702. The molecular formula is C8H16N2O.